The molecule has 0 bridgehead atoms. The van der Waals surface area contributed by atoms with E-state index in [1.165, 1.54) is 29.8 Å². The Morgan fingerprint density at radius 3 is 2.54 bits per heavy atom. The predicted octanol–water partition coefficient (Wildman–Crippen LogP) is 4.94. The zero-order valence-corrected chi connectivity index (χ0v) is 16.2. The summed E-state index contributed by atoms with van der Waals surface area (Å²) in [4.78, 5) is 18.8. The van der Waals surface area contributed by atoms with Crippen LogP contribution in [0.1, 0.15) is 5.56 Å². The zero-order valence-electron chi connectivity index (χ0n) is 13.9. The standard InChI is InChI=1S/C18H14Cl2N2O3S/c1-22-17(24)15(8-10-7-12(20)9-14(25-2)16(10)23)26-18(22)21-13-5-3-11(19)4-6-13/h3-9,23H,1-2H3. The summed E-state index contributed by atoms with van der Waals surface area (Å²) in [6.07, 6.45) is 1.57. The summed E-state index contributed by atoms with van der Waals surface area (Å²) >= 11 is 13.1. The summed E-state index contributed by atoms with van der Waals surface area (Å²) in [5.74, 6) is -0.0622. The molecule has 5 nitrogen and oxygen atoms in total. The summed E-state index contributed by atoms with van der Waals surface area (Å²) in [5.41, 5.74) is 1.08. The van der Waals surface area contributed by atoms with Crippen molar-refractivity contribution in [3.05, 3.63) is 56.9 Å². The van der Waals surface area contributed by atoms with Crippen LogP contribution in [-0.2, 0) is 4.79 Å². The second-order valence-electron chi connectivity index (χ2n) is 5.39. The number of thioether (sulfide) groups is 1. The molecular formula is C18H14Cl2N2O3S. The largest absolute Gasteiger partial charge is 0.504 e. The van der Waals surface area contributed by atoms with Crippen molar-refractivity contribution in [2.45, 2.75) is 0 Å². The monoisotopic (exact) mass is 408 g/mol. The Balaban J connectivity index is 1.95. The van der Waals surface area contributed by atoms with Crippen LogP contribution in [0.2, 0.25) is 10.0 Å². The summed E-state index contributed by atoms with van der Waals surface area (Å²) < 4.78 is 5.09. The van der Waals surface area contributed by atoms with E-state index in [1.807, 2.05) is 0 Å². The minimum Gasteiger partial charge on any atom is -0.504 e. The second-order valence-corrected chi connectivity index (χ2v) is 7.27. The molecule has 0 atom stereocenters. The molecule has 1 fully saturated rings. The number of benzene rings is 2. The van der Waals surface area contributed by atoms with Gasteiger partial charge in [-0.15, -0.1) is 0 Å². The zero-order chi connectivity index (χ0) is 18.8. The van der Waals surface area contributed by atoms with Crippen molar-refractivity contribution in [3.63, 3.8) is 0 Å². The van der Waals surface area contributed by atoms with Crippen molar-refractivity contribution in [3.8, 4) is 11.5 Å². The molecule has 1 heterocycles. The van der Waals surface area contributed by atoms with Crippen molar-refractivity contribution in [1.82, 2.24) is 4.90 Å². The molecular weight excluding hydrogens is 395 g/mol. The Morgan fingerprint density at radius 2 is 1.88 bits per heavy atom. The van der Waals surface area contributed by atoms with Gasteiger partial charge in [0.25, 0.3) is 5.91 Å². The van der Waals surface area contributed by atoms with Crippen molar-refractivity contribution >= 4 is 57.8 Å². The van der Waals surface area contributed by atoms with Crippen LogP contribution < -0.4 is 4.74 Å². The second kappa shape index (κ2) is 7.61. The van der Waals surface area contributed by atoms with Crippen LogP contribution in [0.15, 0.2) is 46.3 Å². The van der Waals surface area contributed by atoms with Gasteiger partial charge in [0.05, 0.1) is 17.7 Å². The molecule has 3 rings (SSSR count). The van der Waals surface area contributed by atoms with Gasteiger partial charge in [0.15, 0.2) is 16.7 Å². The van der Waals surface area contributed by atoms with E-state index in [0.29, 0.717) is 31.4 Å². The van der Waals surface area contributed by atoms with Gasteiger partial charge in [-0.25, -0.2) is 4.99 Å². The number of rotatable bonds is 3. The third-order valence-corrected chi connectivity index (χ3v) is 5.16. The summed E-state index contributed by atoms with van der Waals surface area (Å²) in [6, 6.07) is 10.1. The fourth-order valence-electron chi connectivity index (χ4n) is 2.28. The fourth-order valence-corrected chi connectivity index (χ4v) is 3.60. The molecule has 134 valence electrons. The van der Waals surface area contributed by atoms with Gasteiger partial charge in [0.1, 0.15) is 0 Å². The molecule has 1 amide bonds. The number of aromatic hydroxyl groups is 1. The number of amidine groups is 1. The molecule has 1 aliphatic rings. The lowest BCUT2D eigenvalue weighted by Crippen LogP contribution is -2.23. The number of phenolic OH excluding ortho intramolecular Hbond substituents is 1. The van der Waals surface area contributed by atoms with E-state index >= 15 is 0 Å². The van der Waals surface area contributed by atoms with Gasteiger partial charge in [-0.05, 0) is 48.2 Å². The number of hydrogen-bond acceptors (Lipinski definition) is 5. The van der Waals surface area contributed by atoms with Crippen LogP contribution in [0.25, 0.3) is 6.08 Å². The first-order chi connectivity index (χ1) is 12.4. The Morgan fingerprint density at radius 1 is 1.19 bits per heavy atom. The number of methoxy groups -OCH3 is 1. The quantitative estimate of drug-likeness (QED) is 0.730. The lowest BCUT2D eigenvalue weighted by Gasteiger charge is -2.08. The third-order valence-electron chi connectivity index (χ3n) is 3.63. The van der Waals surface area contributed by atoms with Gasteiger partial charge in [0, 0.05) is 28.7 Å². The maximum atomic E-state index is 12.5. The minimum atomic E-state index is -0.221. The van der Waals surface area contributed by atoms with Crippen LogP contribution >= 0.6 is 35.0 Å². The highest BCUT2D eigenvalue weighted by Gasteiger charge is 2.30. The number of nitrogens with zero attached hydrogens (tertiary/aromatic N) is 2. The summed E-state index contributed by atoms with van der Waals surface area (Å²) in [6.45, 7) is 0. The smallest absolute Gasteiger partial charge is 0.266 e. The molecule has 0 saturated carbocycles. The number of likely N-dealkylation sites (N-methyl/N-ethyl adjacent to an activating group) is 1. The average Bonchev–Trinajstić information content (AvgIpc) is 2.87. The Hall–Kier alpha value is -2.15. The first kappa shape index (κ1) is 18.6. The number of ether oxygens (including phenoxy) is 1. The van der Waals surface area contributed by atoms with E-state index < -0.39 is 0 Å². The number of aliphatic imine (C=N–C) groups is 1. The molecule has 1 saturated heterocycles. The van der Waals surface area contributed by atoms with E-state index in [2.05, 4.69) is 4.99 Å². The third kappa shape index (κ3) is 3.82. The van der Waals surface area contributed by atoms with E-state index in [1.54, 1.807) is 43.5 Å². The SMILES string of the molecule is COc1cc(Cl)cc(C=C2SC(=Nc3ccc(Cl)cc3)N(C)C2=O)c1O. The van der Waals surface area contributed by atoms with Gasteiger partial charge in [0.2, 0.25) is 0 Å². The number of amides is 1. The molecule has 1 aliphatic heterocycles. The lowest BCUT2D eigenvalue weighted by molar-refractivity contribution is -0.121. The summed E-state index contributed by atoms with van der Waals surface area (Å²) in [7, 11) is 3.08. The topological polar surface area (TPSA) is 62.1 Å². The van der Waals surface area contributed by atoms with E-state index in [-0.39, 0.29) is 17.4 Å². The molecule has 0 spiro atoms. The van der Waals surface area contributed by atoms with Gasteiger partial charge in [-0.2, -0.15) is 0 Å². The maximum absolute atomic E-state index is 12.5. The molecule has 0 aromatic heterocycles. The van der Waals surface area contributed by atoms with Crippen molar-refractivity contribution in [2.75, 3.05) is 14.2 Å². The van der Waals surface area contributed by atoms with E-state index in [0.717, 1.165) is 0 Å². The van der Waals surface area contributed by atoms with E-state index in [9.17, 15) is 9.90 Å². The van der Waals surface area contributed by atoms with Crippen molar-refractivity contribution < 1.29 is 14.6 Å². The average molecular weight is 409 g/mol. The molecule has 0 unspecified atom stereocenters. The van der Waals surface area contributed by atoms with Crippen LogP contribution in [0.3, 0.4) is 0 Å². The van der Waals surface area contributed by atoms with Crippen LogP contribution in [0.4, 0.5) is 5.69 Å². The molecule has 8 heteroatoms. The number of carbonyl (C=O) groups excluding carboxylic acids is 1. The van der Waals surface area contributed by atoms with E-state index in [4.69, 9.17) is 27.9 Å². The minimum absolute atomic E-state index is 0.0801. The van der Waals surface area contributed by atoms with Crippen molar-refractivity contribution in [2.24, 2.45) is 4.99 Å². The highest BCUT2D eigenvalue weighted by molar-refractivity contribution is 8.18. The first-order valence-electron chi connectivity index (χ1n) is 7.47. The Labute approximate surface area is 164 Å². The summed E-state index contributed by atoms with van der Waals surface area (Å²) in [5, 5.41) is 11.8. The number of phenols is 1. The highest BCUT2D eigenvalue weighted by Crippen LogP contribution is 2.38. The number of halogens is 2. The first-order valence-corrected chi connectivity index (χ1v) is 9.04. The Bertz CT molecular complexity index is 927. The van der Waals surface area contributed by atoms with Crippen LogP contribution in [-0.4, -0.2) is 35.2 Å². The van der Waals surface area contributed by atoms with Crippen LogP contribution in [0.5, 0.6) is 11.5 Å². The molecule has 2 aromatic rings. The van der Waals surface area contributed by atoms with Gasteiger partial charge >= 0.3 is 0 Å². The lowest BCUT2D eigenvalue weighted by atomic mass is 10.1. The molecule has 2 aromatic carbocycles. The van der Waals surface area contributed by atoms with Crippen LogP contribution in [0, 0.1) is 0 Å². The molecule has 26 heavy (non-hydrogen) atoms. The molecule has 1 N–H and O–H groups in total. The molecule has 0 aliphatic carbocycles. The maximum Gasteiger partial charge on any atom is 0.266 e. The fraction of sp³-hybridized carbons (Fsp3) is 0.111. The van der Waals surface area contributed by atoms with Gasteiger partial charge < -0.3 is 9.84 Å². The van der Waals surface area contributed by atoms with Gasteiger partial charge in [-0.3, -0.25) is 9.69 Å². The number of hydrogen-bond donors (Lipinski definition) is 1. The number of carbonyl (C=O) groups is 1. The molecule has 0 radical (unpaired) electrons. The predicted molar refractivity (Wildman–Crippen MR) is 107 cm³/mol. The highest BCUT2D eigenvalue weighted by atomic mass is 35.5. The Kier molecular flexibility index (Phi) is 5.46. The van der Waals surface area contributed by atoms with Gasteiger partial charge in [-0.1, -0.05) is 23.2 Å². The van der Waals surface area contributed by atoms with Crippen molar-refractivity contribution in [1.29, 1.82) is 0 Å². The normalized spacial score (nSPS) is 17.4.